The molecule has 0 bridgehead atoms. The highest BCUT2D eigenvalue weighted by Gasteiger charge is 2.33. The molecule has 2 radical (unpaired) electrons. The molecule has 418 valence electrons. The summed E-state index contributed by atoms with van der Waals surface area (Å²) in [5, 5.41) is 30.0. The first kappa shape index (κ1) is 56.9. The zero-order valence-corrected chi connectivity index (χ0v) is 51.2. The number of hydrogen-bond acceptors (Lipinski definition) is 4. The van der Waals surface area contributed by atoms with E-state index in [9.17, 15) is 10.2 Å². The molecule has 9 heteroatoms. The van der Waals surface area contributed by atoms with Crippen molar-refractivity contribution in [3.8, 4) is 56.6 Å². The van der Waals surface area contributed by atoms with E-state index in [2.05, 4.69) is 191 Å². The first-order chi connectivity index (χ1) is 38.0. The van der Waals surface area contributed by atoms with E-state index in [1.165, 1.54) is 24.3 Å². The van der Waals surface area contributed by atoms with Crippen molar-refractivity contribution < 1.29 is 28.5 Å². The van der Waals surface area contributed by atoms with Gasteiger partial charge in [-0.15, -0.1) is 0 Å². The summed E-state index contributed by atoms with van der Waals surface area (Å²) in [6.45, 7) is 34.4. The van der Waals surface area contributed by atoms with Crippen molar-refractivity contribution in [1.29, 1.82) is 0 Å². The predicted octanol–water partition coefficient (Wildman–Crippen LogP) is 19.3. The third-order valence-corrected chi connectivity index (χ3v) is 16.7. The Bertz CT molecular complexity index is 3740. The number of hydrogen-bond donors (Lipinski definition) is 2. The van der Waals surface area contributed by atoms with Crippen LogP contribution in [0.5, 0.6) is 23.0 Å². The zero-order valence-electron chi connectivity index (χ0n) is 50.2. The van der Waals surface area contributed by atoms with Crippen LogP contribution in [0.3, 0.4) is 0 Å². The molecule has 0 spiro atoms. The van der Waals surface area contributed by atoms with Gasteiger partial charge in [-0.2, -0.15) is 0 Å². The van der Waals surface area contributed by atoms with E-state index in [1.807, 2.05) is 26.0 Å². The molecule has 0 fully saturated rings. The van der Waals surface area contributed by atoms with E-state index in [0.29, 0.717) is 56.3 Å². The highest BCUT2D eigenvalue weighted by atomic mass is 28.2. The second-order valence-corrected chi connectivity index (χ2v) is 27.9. The number of halogens is 2. The minimum atomic E-state index is -0.441. The van der Waals surface area contributed by atoms with Crippen LogP contribution < -0.4 is 9.47 Å². The van der Waals surface area contributed by atoms with Crippen molar-refractivity contribution in [1.82, 2.24) is 9.13 Å². The normalized spacial score (nSPS) is 12.7. The van der Waals surface area contributed by atoms with Crippen molar-refractivity contribution in [3.05, 3.63) is 177 Å². The monoisotopic (exact) mass is 1100 g/mol. The number of ether oxygens (including phenoxy) is 2. The molecule has 0 saturated carbocycles. The zero-order chi connectivity index (χ0) is 58.4. The van der Waals surface area contributed by atoms with Gasteiger partial charge >= 0.3 is 0 Å². The van der Waals surface area contributed by atoms with Crippen LogP contribution in [-0.2, 0) is 10.8 Å². The highest BCUT2D eigenvalue weighted by molar-refractivity contribution is 6.35. The molecule has 0 amide bonds. The molecule has 2 heterocycles. The van der Waals surface area contributed by atoms with Crippen LogP contribution in [0.1, 0.15) is 127 Å². The lowest BCUT2D eigenvalue weighted by atomic mass is 9.71. The van der Waals surface area contributed by atoms with E-state index in [4.69, 9.17) is 9.47 Å². The number of nitrogens with zero attached hydrogens (tertiary/aromatic N) is 2. The second-order valence-electron chi connectivity index (χ2n) is 26.8. The molecule has 6 nitrogen and oxygen atoms in total. The third-order valence-electron chi connectivity index (χ3n) is 16.0. The maximum absolute atomic E-state index is 16.0. The van der Waals surface area contributed by atoms with Crippen molar-refractivity contribution >= 4 is 53.1 Å². The summed E-state index contributed by atoms with van der Waals surface area (Å²) in [7, 11) is 0.0814. The minimum Gasteiger partial charge on any atom is -0.505 e. The fourth-order valence-electron chi connectivity index (χ4n) is 13.2. The van der Waals surface area contributed by atoms with Crippen LogP contribution in [0.4, 0.5) is 8.78 Å². The molecular formula is C72H78F2N2O4Si. The van der Waals surface area contributed by atoms with E-state index in [1.54, 1.807) is 0 Å². The lowest BCUT2D eigenvalue weighted by molar-refractivity contribution is 0.283. The maximum atomic E-state index is 16.0. The van der Waals surface area contributed by atoms with Gasteiger partial charge in [0.2, 0.25) is 0 Å². The molecule has 10 rings (SSSR count). The maximum Gasteiger partial charge on any atom is 0.147 e. The molecule has 0 aliphatic rings. The van der Waals surface area contributed by atoms with E-state index in [0.717, 1.165) is 89.8 Å². The molecule has 8 aromatic carbocycles. The molecule has 10 aromatic rings. The van der Waals surface area contributed by atoms with Gasteiger partial charge in [-0.05, 0) is 193 Å². The van der Waals surface area contributed by atoms with Crippen molar-refractivity contribution in [2.45, 2.75) is 134 Å². The Hall–Kier alpha value is -7.36. The van der Waals surface area contributed by atoms with Crippen LogP contribution >= 0.6 is 0 Å². The molecule has 2 aromatic heterocycles. The van der Waals surface area contributed by atoms with Gasteiger partial charge in [0, 0.05) is 43.8 Å². The average Bonchev–Trinajstić information content (AvgIpc) is 3.36. The summed E-state index contributed by atoms with van der Waals surface area (Å²) in [5.74, 6) is 0.0885. The topological polar surface area (TPSA) is 68.8 Å². The first-order valence-corrected chi connectivity index (χ1v) is 29.8. The molecule has 0 saturated heterocycles. The smallest absolute Gasteiger partial charge is 0.147 e. The van der Waals surface area contributed by atoms with Gasteiger partial charge in [0.05, 0.1) is 45.9 Å². The van der Waals surface area contributed by atoms with E-state index < -0.39 is 11.6 Å². The number of benzene rings is 8. The van der Waals surface area contributed by atoms with E-state index in [-0.39, 0.29) is 55.1 Å². The summed E-state index contributed by atoms with van der Waals surface area (Å²) < 4.78 is 49.8. The Kier molecular flexibility index (Phi) is 14.7. The Morgan fingerprint density at radius 3 is 1.01 bits per heavy atom. The number of aromatic nitrogens is 2. The minimum absolute atomic E-state index is 0.0210. The standard InChI is InChI=1S/C72H78F2N2O4Si/c1-41-17-21-51-52-22-18-42(2)26-60(52)75(59(51)25-41)63-33-47(71(13,14)37-69(7,8)9)31-55(65(63)77)57-35-49(73)29-45(5)67(57)79-39-81-40-80-68-46(6)30-50(74)36-58(68)56-32-48(72(15,16)38-70(10,11)12)34-64(66(56)78)76-61-27-43(3)19-23-53(61)54-24-20-44(4)28-62(54)76/h17-36,77-78H,37-40H2,1-16H3. The summed E-state index contributed by atoms with van der Waals surface area (Å²) in [4.78, 5) is 0. The number of phenols is 2. The highest BCUT2D eigenvalue weighted by Crippen LogP contribution is 2.50. The third kappa shape index (κ3) is 11.1. The Labute approximate surface area is 480 Å². The SMILES string of the molecule is Cc1ccc2c3ccc(C)cc3n(-c3cc(C(C)(C)CC(C)(C)C)cc(-c4cc(F)cc(C)c4OC[Si]COc4c(C)cc(F)cc4-c4cc(C(C)(C)CC(C)(C)C)cc(-n5c6cc(C)ccc6c6ccc(C)cc65)c4O)c3O)c2c1. The Morgan fingerprint density at radius 1 is 0.407 bits per heavy atom. The summed E-state index contributed by atoms with van der Waals surface area (Å²) in [6, 6.07) is 39.9. The molecule has 0 unspecified atom stereocenters. The fraction of sp³-hybridized carbons (Fsp3) is 0.333. The van der Waals surface area contributed by atoms with Gasteiger partial charge in [0.25, 0.3) is 0 Å². The predicted molar refractivity (Wildman–Crippen MR) is 335 cm³/mol. The van der Waals surface area contributed by atoms with Crippen LogP contribution in [-0.4, -0.2) is 41.3 Å². The van der Waals surface area contributed by atoms with Gasteiger partial charge in [-0.3, -0.25) is 0 Å². The Morgan fingerprint density at radius 2 is 0.716 bits per heavy atom. The molecule has 0 aliphatic carbocycles. The number of rotatable bonds is 14. The number of aromatic hydroxyl groups is 2. The van der Waals surface area contributed by atoms with Crippen molar-refractivity contribution in [2.24, 2.45) is 10.8 Å². The van der Waals surface area contributed by atoms with E-state index >= 15 is 8.78 Å². The van der Waals surface area contributed by atoms with Crippen molar-refractivity contribution in [2.75, 3.05) is 12.5 Å². The first-order valence-electron chi connectivity index (χ1n) is 28.3. The summed E-state index contributed by atoms with van der Waals surface area (Å²) in [5.41, 5.74) is 13.7. The second kappa shape index (κ2) is 20.9. The lowest BCUT2D eigenvalue weighted by Gasteiger charge is -2.34. The largest absolute Gasteiger partial charge is 0.505 e. The summed E-state index contributed by atoms with van der Waals surface area (Å²) in [6.07, 6.45) is 2.11. The average molecular weight is 1100 g/mol. The fourth-order valence-corrected chi connectivity index (χ4v) is 13.7. The molecule has 81 heavy (non-hydrogen) atoms. The van der Waals surface area contributed by atoms with Gasteiger partial charge in [0.1, 0.15) is 44.2 Å². The van der Waals surface area contributed by atoms with Crippen LogP contribution in [0.25, 0.3) is 77.2 Å². The number of aryl methyl sites for hydroxylation is 6. The van der Waals surface area contributed by atoms with Gasteiger partial charge < -0.3 is 28.8 Å². The lowest BCUT2D eigenvalue weighted by Crippen LogP contribution is -2.25. The Balaban J connectivity index is 1.04. The molecule has 2 N–H and O–H groups in total. The molecule has 0 atom stereocenters. The van der Waals surface area contributed by atoms with Gasteiger partial charge in [-0.1, -0.05) is 118 Å². The van der Waals surface area contributed by atoms with Crippen LogP contribution in [0.2, 0.25) is 0 Å². The van der Waals surface area contributed by atoms with Crippen LogP contribution in [0, 0.1) is 64.0 Å². The van der Waals surface area contributed by atoms with Crippen LogP contribution in [0.15, 0.2) is 121 Å². The molecular weight excluding hydrogens is 1020 g/mol. The van der Waals surface area contributed by atoms with Gasteiger partial charge in [-0.25, -0.2) is 8.78 Å². The van der Waals surface area contributed by atoms with Gasteiger partial charge in [0.15, 0.2) is 0 Å². The molecule has 0 aliphatic heterocycles. The quantitative estimate of drug-likeness (QED) is 0.0841. The van der Waals surface area contributed by atoms with Crippen molar-refractivity contribution in [3.63, 3.8) is 0 Å². The summed E-state index contributed by atoms with van der Waals surface area (Å²) >= 11 is 0. The number of fused-ring (bicyclic) bond motifs is 6. The number of phenolic OH excluding ortho intramolecular Hbond substituents is 2.